The van der Waals surface area contributed by atoms with E-state index in [0.29, 0.717) is 31.0 Å². The molecule has 5 heterocycles. The highest BCUT2D eigenvalue weighted by Crippen LogP contribution is 2.17. The van der Waals surface area contributed by atoms with Gasteiger partial charge in [-0.05, 0) is 31.2 Å². The fourth-order valence-corrected chi connectivity index (χ4v) is 4.56. The van der Waals surface area contributed by atoms with E-state index >= 15 is 0 Å². The minimum Gasteiger partial charge on any atom is -0.368 e. The molecule has 0 spiro atoms. The molecule has 0 aliphatic carbocycles. The summed E-state index contributed by atoms with van der Waals surface area (Å²) in [4.78, 5) is 43.0. The van der Waals surface area contributed by atoms with Crippen LogP contribution in [0.5, 0.6) is 0 Å². The van der Waals surface area contributed by atoms with Crippen molar-refractivity contribution in [1.82, 2.24) is 29.2 Å². The van der Waals surface area contributed by atoms with E-state index in [1.54, 1.807) is 33.0 Å². The van der Waals surface area contributed by atoms with Crippen molar-refractivity contribution >= 4 is 28.8 Å². The van der Waals surface area contributed by atoms with Crippen LogP contribution in [0.2, 0.25) is 0 Å². The van der Waals surface area contributed by atoms with Gasteiger partial charge in [-0.2, -0.15) is 0 Å². The first-order chi connectivity index (χ1) is 16.5. The van der Waals surface area contributed by atoms with Crippen LogP contribution in [0, 0.1) is 6.92 Å². The number of nitrogens with zero attached hydrogens (tertiary/aromatic N) is 6. The van der Waals surface area contributed by atoms with Crippen molar-refractivity contribution in [2.45, 2.75) is 26.2 Å². The zero-order chi connectivity index (χ0) is 23.5. The number of thiazole rings is 1. The summed E-state index contributed by atoms with van der Waals surface area (Å²) >= 11 is 1.55. The second-order valence-corrected chi connectivity index (χ2v) is 9.23. The Kier molecular flexibility index (Phi) is 6.33. The molecule has 1 fully saturated rings. The van der Waals surface area contributed by atoms with Crippen molar-refractivity contribution in [2.75, 3.05) is 19.6 Å². The van der Waals surface area contributed by atoms with Gasteiger partial charge >= 0.3 is 0 Å². The lowest BCUT2D eigenvalue weighted by Crippen LogP contribution is -2.39. The van der Waals surface area contributed by atoms with Crippen LogP contribution in [0.15, 0.2) is 60.4 Å². The fraction of sp³-hybridized carbons (Fsp3) is 0.292. The molecular weight excluding hydrogens is 452 g/mol. The molecular formula is C24H24N6O3S. The molecule has 1 aliphatic rings. The van der Waals surface area contributed by atoms with Gasteiger partial charge < -0.3 is 18.9 Å². The maximum Gasteiger partial charge on any atom is 0.274 e. The molecule has 2 amide bonds. The smallest absolute Gasteiger partial charge is 0.274 e. The Morgan fingerprint density at radius 3 is 2.79 bits per heavy atom. The van der Waals surface area contributed by atoms with Gasteiger partial charge in [-0.3, -0.25) is 14.6 Å². The molecule has 1 aliphatic heterocycles. The van der Waals surface area contributed by atoms with Crippen LogP contribution in [0.25, 0.3) is 5.65 Å². The van der Waals surface area contributed by atoms with E-state index in [2.05, 4.69) is 15.0 Å². The molecule has 4 aromatic rings. The Bertz CT molecular complexity index is 1270. The van der Waals surface area contributed by atoms with Crippen LogP contribution >= 0.6 is 11.3 Å². The van der Waals surface area contributed by atoms with Gasteiger partial charge in [0.15, 0.2) is 0 Å². The molecule has 0 unspecified atom stereocenters. The molecule has 0 saturated carbocycles. The first-order valence-electron chi connectivity index (χ1n) is 11.0. The van der Waals surface area contributed by atoms with E-state index in [1.807, 2.05) is 54.9 Å². The quantitative estimate of drug-likeness (QED) is 0.425. The van der Waals surface area contributed by atoms with E-state index < -0.39 is 0 Å². The van der Waals surface area contributed by atoms with Crippen molar-refractivity contribution in [3.05, 3.63) is 82.5 Å². The predicted molar refractivity (Wildman–Crippen MR) is 126 cm³/mol. The maximum atomic E-state index is 13.4. The van der Waals surface area contributed by atoms with Crippen LogP contribution in [-0.2, 0) is 22.7 Å². The molecule has 0 bridgehead atoms. The Labute approximate surface area is 200 Å². The Morgan fingerprint density at radius 2 is 2.03 bits per heavy atom. The van der Waals surface area contributed by atoms with E-state index in [4.69, 9.17) is 4.74 Å². The number of carbonyl (C=O) groups excluding carboxylic acids is 2. The molecule has 174 valence electrons. The molecule has 1 saturated heterocycles. The van der Waals surface area contributed by atoms with Gasteiger partial charge in [0.05, 0.1) is 35.7 Å². The summed E-state index contributed by atoms with van der Waals surface area (Å²) in [5.41, 5.74) is 2.60. The van der Waals surface area contributed by atoms with Gasteiger partial charge in [0.1, 0.15) is 17.9 Å². The number of pyridine rings is 2. The number of rotatable bonds is 6. The largest absolute Gasteiger partial charge is 0.368 e. The second-order valence-electron chi connectivity index (χ2n) is 8.16. The number of ether oxygens (including phenoxy) is 1. The van der Waals surface area contributed by atoms with E-state index in [1.165, 1.54) is 4.90 Å². The summed E-state index contributed by atoms with van der Waals surface area (Å²) in [5.74, 6) is -0.443. The third kappa shape index (κ3) is 4.97. The predicted octanol–water partition coefficient (Wildman–Crippen LogP) is 2.56. The summed E-state index contributed by atoms with van der Waals surface area (Å²) in [5, 5.41) is 2.90. The third-order valence-electron chi connectivity index (χ3n) is 5.61. The number of aromatic nitrogens is 4. The van der Waals surface area contributed by atoms with Crippen molar-refractivity contribution in [3.63, 3.8) is 0 Å². The zero-order valence-corrected chi connectivity index (χ0v) is 19.5. The topological polar surface area (TPSA) is 92.9 Å². The standard InChI is InChI=1S/C24H24N6O3S/c1-17-26-19(16-34-17)10-29-11-20(33-15-18-6-2-4-8-25-18)12-30(14-23(29)31)24(32)21-13-28-9-5-3-7-22(28)27-21/h2-9,13,16,20H,10-12,14-15H2,1H3/t20-/m0/s1. The van der Waals surface area contributed by atoms with Gasteiger partial charge in [0, 0.05) is 37.1 Å². The fourth-order valence-electron chi connectivity index (χ4n) is 3.95. The summed E-state index contributed by atoms with van der Waals surface area (Å²) < 4.78 is 7.94. The lowest BCUT2D eigenvalue weighted by atomic mass is 10.3. The van der Waals surface area contributed by atoms with E-state index in [9.17, 15) is 9.59 Å². The highest BCUT2D eigenvalue weighted by molar-refractivity contribution is 7.09. The van der Waals surface area contributed by atoms with Gasteiger partial charge in [0.25, 0.3) is 5.91 Å². The number of amides is 2. The van der Waals surface area contributed by atoms with Gasteiger partial charge in [0.2, 0.25) is 5.91 Å². The Morgan fingerprint density at radius 1 is 1.15 bits per heavy atom. The molecule has 0 radical (unpaired) electrons. The van der Waals surface area contributed by atoms with Crippen molar-refractivity contribution in [2.24, 2.45) is 0 Å². The monoisotopic (exact) mass is 476 g/mol. The number of aryl methyl sites for hydroxylation is 1. The number of carbonyl (C=O) groups is 2. The van der Waals surface area contributed by atoms with Crippen LogP contribution in [0.3, 0.4) is 0 Å². The second kappa shape index (κ2) is 9.70. The average molecular weight is 477 g/mol. The van der Waals surface area contributed by atoms with Crippen LogP contribution in [0.4, 0.5) is 0 Å². The highest BCUT2D eigenvalue weighted by atomic mass is 32.1. The summed E-state index contributed by atoms with van der Waals surface area (Å²) in [6.07, 6.45) is 4.86. The number of hydrogen-bond acceptors (Lipinski definition) is 7. The van der Waals surface area contributed by atoms with Crippen LogP contribution < -0.4 is 0 Å². The lowest BCUT2D eigenvalue weighted by Gasteiger charge is -2.24. The normalized spacial score (nSPS) is 16.7. The first kappa shape index (κ1) is 22.2. The number of hydrogen-bond donors (Lipinski definition) is 0. The highest BCUT2D eigenvalue weighted by Gasteiger charge is 2.32. The van der Waals surface area contributed by atoms with Gasteiger partial charge in [-0.25, -0.2) is 9.97 Å². The van der Waals surface area contributed by atoms with Crippen molar-refractivity contribution in [1.29, 1.82) is 0 Å². The Hall–Kier alpha value is -3.63. The van der Waals surface area contributed by atoms with E-state index in [0.717, 1.165) is 16.4 Å². The van der Waals surface area contributed by atoms with Gasteiger partial charge in [-0.1, -0.05) is 12.1 Å². The van der Waals surface area contributed by atoms with Gasteiger partial charge in [-0.15, -0.1) is 11.3 Å². The molecule has 4 aromatic heterocycles. The molecule has 10 heteroatoms. The van der Waals surface area contributed by atoms with Crippen LogP contribution in [-0.4, -0.2) is 66.7 Å². The van der Waals surface area contributed by atoms with Crippen molar-refractivity contribution < 1.29 is 14.3 Å². The van der Waals surface area contributed by atoms with E-state index in [-0.39, 0.29) is 31.0 Å². The minimum atomic E-state index is -0.380. The first-order valence-corrected chi connectivity index (χ1v) is 11.9. The zero-order valence-electron chi connectivity index (χ0n) is 18.7. The molecule has 34 heavy (non-hydrogen) atoms. The Balaban J connectivity index is 1.37. The average Bonchev–Trinajstić information content (AvgIpc) is 3.43. The van der Waals surface area contributed by atoms with Crippen molar-refractivity contribution in [3.8, 4) is 0 Å². The SMILES string of the molecule is Cc1nc(CN2C[C@H](OCc3ccccn3)CN(C(=O)c3cn4ccccc4n3)CC2=O)cs1. The molecule has 9 nitrogen and oxygen atoms in total. The molecule has 0 aromatic carbocycles. The molecule has 0 N–H and O–H groups in total. The summed E-state index contributed by atoms with van der Waals surface area (Å²) in [6.45, 7) is 3.20. The molecule has 1 atom stereocenters. The number of imidazole rings is 1. The minimum absolute atomic E-state index is 0.0424. The molecule has 5 rings (SSSR count). The maximum absolute atomic E-state index is 13.4. The third-order valence-corrected chi connectivity index (χ3v) is 6.43. The summed E-state index contributed by atoms with van der Waals surface area (Å²) in [7, 11) is 0. The van der Waals surface area contributed by atoms with Crippen LogP contribution in [0.1, 0.15) is 26.9 Å². The summed E-state index contributed by atoms with van der Waals surface area (Å²) in [6, 6.07) is 11.2. The number of fused-ring (bicyclic) bond motifs is 1. The lowest BCUT2D eigenvalue weighted by molar-refractivity contribution is -0.132.